The van der Waals surface area contributed by atoms with Crippen LogP contribution in [0.2, 0.25) is 0 Å². The Kier molecular flexibility index (Phi) is 5.64. The SMILES string of the molecule is CCCCCc1ccc(C(=O)c2ccc(OC)c(OC)c2)[nH]1. The quantitative estimate of drug-likeness (QED) is 0.592. The largest absolute Gasteiger partial charge is 0.493 e. The number of aromatic amines is 1. The predicted molar refractivity (Wildman–Crippen MR) is 87.0 cm³/mol. The van der Waals surface area contributed by atoms with Crippen LogP contribution in [0.25, 0.3) is 0 Å². The van der Waals surface area contributed by atoms with Gasteiger partial charge in [-0.05, 0) is 43.2 Å². The Hall–Kier alpha value is -2.23. The molecule has 1 heterocycles. The molecule has 0 unspecified atom stereocenters. The molecule has 2 aromatic rings. The summed E-state index contributed by atoms with van der Waals surface area (Å²) in [6.07, 6.45) is 4.52. The van der Waals surface area contributed by atoms with Gasteiger partial charge in [-0.2, -0.15) is 0 Å². The van der Waals surface area contributed by atoms with Crippen LogP contribution >= 0.6 is 0 Å². The molecule has 1 N–H and O–H groups in total. The van der Waals surface area contributed by atoms with E-state index in [0.29, 0.717) is 22.8 Å². The monoisotopic (exact) mass is 301 g/mol. The van der Waals surface area contributed by atoms with Crippen LogP contribution in [0.15, 0.2) is 30.3 Å². The van der Waals surface area contributed by atoms with Crippen LogP contribution < -0.4 is 9.47 Å². The Bertz CT molecular complexity index is 631. The van der Waals surface area contributed by atoms with E-state index in [1.54, 1.807) is 32.4 Å². The smallest absolute Gasteiger partial charge is 0.209 e. The number of ketones is 1. The fourth-order valence-electron chi connectivity index (χ4n) is 2.42. The van der Waals surface area contributed by atoms with Crippen molar-refractivity contribution in [1.29, 1.82) is 0 Å². The van der Waals surface area contributed by atoms with Crippen molar-refractivity contribution < 1.29 is 14.3 Å². The highest BCUT2D eigenvalue weighted by atomic mass is 16.5. The molecule has 0 radical (unpaired) electrons. The maximum atomic E-state index is 12.5. The molecule has 22 heavy (non-hydrogen) atoms. The van der Waals surface area contributed by atoms with Gasteiger partial charge in [0.1, 0.15) is 0 Å². The third-order valence-corrected chi connectivity index (χ3v) is 3.69. The van der Waals surface area contributed by atoms with E-state index in [4.69, 9.17) is 9.47 Å². The van der Waals surface area contributed by atoms with Gasteiger partial charge in [0.15, 0.2) is 11.5 Å². The van der Waals surface area contributed by atoms with Crippen molar-refractivity contribution in [3.8, 4) is 11.5 Å². The van der Waals surface area contributed by atoms with Crippen molar-refractivity contribution in [2.75, 3.05) is 14.2 Å². The third-order valence-electron chi connectivity index (χ3n) is 3.69. The van der Waals surface area contributed by atoms with E-state index >= 15 is 0 Å². The number of methoxy groups -OCH3 is 2. The second-order valence-electron chi connectivity index (χ2n) is 5.25. The number of unbranched alkanes of at least 4 members (excludes halogenated alkanes) is 2. The maximum absolute atomic E-state index is 12.5. The zero-order valence-electron chi connectivity index (χ0n) is 13.4. The van der Waals surface area contributed by atoms with Crippen LogP contribution in [0.1, 0.15) is 47.9 Å². The molecule has 118 valence electrons. The second kappa shape index (κ2) is 7.69. The molecule has 4 heteroatoms. The number of rotatable bonds is 8. The predicted octanol–water partition coefficient (Wildman–Crippen LogP) is 4.00. The lowest BCUT2D eigenvalue weighted by atomic mass is 10.1. The van der Waals surface area contributed by atoms with Crippen LogP contribution in [-0.2, 0) is 6.42 Å². The molecule has 0 spiro atoms. The minimum atomic E-state index is -0.0392. The summed E-state index contributed by atoms with van der Waals surface area (Å²) in [4.78, 5) is 15.7. The van der Waals surface area contributed by atoms with Gasteiger partial charge >= 0.3 is 0 Å². The number of carbonyl (C=O) groups excluding carboxylic acids is 1. The Morgan fingerprint density at radius 3 is 2.50 bits per heavy atom. The molecule has 4 nitrogen and oxygen atoms in total. The summed E-state index contributed by atoms with van der Waals surface area (Å²) in [7, 11) is 3.14. The second-order valence-corrected chi connectivity index (χ2v) is 5.25. The highest BCUT2D eigenvalue weighted by Gasteiger charge is 2.14. The van der Waals surface area contributed by atoms with Crippen molar-refractivity contribution in [3.63, 3.8) is 0 Å². The number of hydrogen-bond donors (Lipinski definition) is 1. The van der Waals surface area contributed by atoms with Crippen molar-refractivity contribution in [1.82, 2.24) is 4.98 Å². The van der Waals surface area contributed by atoms with Gasteiger partial charge in [0.05, 0.1) is 19.9 Å². The first-order valence-electron chi connectivity index (χ1n) is 7.64. The maximum Gasteiger partial charge on any atom is 0.209 e. The molecule has 0 aliphatic heterocycles. The lowest BCUT2D eigenvalue weighted by Gasteiger charge is -2.08. The number of aryl methyl sites for hydroxylation is 1. The summed E-state index contributed by atoms with van der Waals surface area (Å²) < 4.78 is 10.4. The molecular formula is C18H23NO3. The van der Waals surface area contributed by atoms with E-state index in [1.807, 2.05) is 12.1 Å². The molecule has 0 aliphatic carbocycles. The molecule has 0 aliphatic rings. The van der Waals surface area contributed by atoms with E-state index in [1.165, 1.54) is 12.8 Å². The summed E-state index contributed by atoms with van der Waals surface area (Å²) in [5, 5.41) is 0. The number of benzene rings is 1. The molecule has 0 fully saturated rings. The fraction of sp³-hybridized carbons (Fsp3) is 0.389. The summed E-state index contributed by atoms with van der Waals surface area (Å²) >= 11 is 0. The normalized spacial score (nSPS) is 10.5. The summed E-state index contributed by atoms with van der Waals surface area (Å²) in [5.41, 5.74) is 2.30. The van der Waals surface area contributed by atoms with E-state index < -0.39 is 0 Å². The minimum Gasteiger partial charge on any atom is -0.493 e. The van der Waals surface area contributed by atoms with Crippen LogP contribution in [0.3, 0.4) is 0 Å². The van der Waals surface area contributed by atoms with Crippen molar-refractivity contribution >= 4 is 5.78 Å². The number of carbonyl (C=O) groups is 1. The Morgan fingerprint density at radius 1 is 1.05 bits per heavy atom. The number of aromatic nitrogens is 1. The van der Waals surface area contributed by atoms with Gasteiger partial charge in [0.2, 0.25) is 5.78 Å². The first-order chi connectivity index (χ1) is 10.7. The van der Waals surface area contributed by atoms with Gasteiger partial charge in [-0.15, -0.1) is 0 Å². The van der Waals surface area contributed by atoms with E-state index in [9.17, 15) is 4.79 Å². The Labute approximate surface area is 131 Å². The van der Waals surface area contributed by atoms with Gasteiger partial charge in [0, 0.05) is 11.3 Å². The first-order valence-corrected chi connectivity index (χ1v) is 7.64. The lowest BCUT2D eigenvalue weighted by Crippen LogP contribution is -2.03. The number of hydrogen-bond acceptors (Lipinski definition) is 3. The Balaban J connectivity index is 2.14. The highest BCUT2D eigenvalue weighted by Crippen LogP contribution is 2.28. The molecule has 0 bridgehead atoms. The van der Waals surface area contributed by atoms with Crippen molar-refractivity contribution in [2.45, 2.75) is 32.6 Å². The van der Waals surface area contributed by atoms with Gasteiger partial charge in [-0.25, -0.2) is 0 Å². The zero-order valence-corrected chi connectivity index (χ0v) is 13.4. The van der Waals surface area contributed by atoms with Gasteiger partial charge in [-0.1, -0.05) is 19.8 Å². The van der Waals surface area contributed by atoms with E-state index in [2.05, 4.69) is 11.9 Å². The van der Waals surface area contributed by atoms with Gasteiger partial charge < -0.3 is 14.5 Å². The molecule has 1 aromatic heterocycles. The topological polar surface area (TPSA) is 51.3 Å². The number of H-pyrrole nitrogens is 1. The van der Waals surface area contributed by atoms with Gasteiger partial charge in [-0.3, -0.25) is 4.79 Å². The molecule has 1 aromatic carbocycles. The van der Waals surface area contributed by atoms with E-state index in [0.717, 1.165) is 18.5 Å². The van der Waals surface area contributed by atoms with Crippen LogP contribution in [0, 0.1) is 0 Å². The summed E-state index contributed by atoms with van der Waals surface area (Å²) in [6.45, 7) is 2.18. The average molecular weight is 301 g/mol. The molecule has 2 rings (SSSR count). The summed E-state index contributed by atoms with van der Waals surface area (Å²) in [6, 6.07) is 9.04. The number of ether oxygens (including phenoxy) is 2. The fourth-order valence-corrected chi connectivity index (χ4v) is 2.42. The highest BCUT2D eigenvalue weighted by molar-refractivity contribution is 6.08. The molecule has 0 saturated carbocycles. The number of nitrogens with one attached hydrogen (secondary N) is 1. The average Bonchev–Trinajstić information content (AvgIpc) is 3.02. The Morgan fingerprint density at radius 2 is 1.82 bits per heavy atom. The minimum absolute atomic E-state index is 0.0392. The lowest BCUT2D eigenvalue weighted by molar-refractivity contribution is 0.103. The van der Waals surface area contributed by atoms with Crippen LogP contribution in [0.5, 0.6) is 11.5 Å². The van der Waals surface area contributed by atoms with Crippen molar-refractivity contribution in [2.24, 2.45) is 0 Å². The molecule has 0 atom stereocenters. The standard InChI is InChI=1S/C18H23NO3/c1-4-5-6-7-14-9-10-15(19-14)18(20)13-8-11-16(21-2)17(12-13)22-3/h8-12,19H,4-7H2,1-3H3. The third kappa shape index (κ3) is 3.70. The zero-order chi connectivity index (χ0) is 15.9. The van der Waals surface area contributed by atoms with Crippen LogP contribution in [-0.4, -0.2) is 25.0 Å². The molecule has 0 saturated heterocycles. The van der Waals surface area contributed by atoms with E-state index in [-0.39, 0.29) is 5.78 Å². The van der Waals surface area contributed by atoms with Crippen LogP contribution in [0.4, 0.5) is 0 Å². The molecule has 0 amide bonds. The first kappa shape index (κ1) is 16.1. The van der Waals surface area contributed by atoms with Crippen molar-refractivity contribution in [3.05, 3.63) is 47.3 Å². The van der Waals surface area contributed by atoms with Gasteiger partial charge in [0.25, 0.3) is 0 Å². The molecular weight excluding hydrogens is 278 g/mol. The summed E-state index contributed by atoms with van der Waals surface area (Å²) in [5.74, 6) is 1.14.